The molecule has 4 aliphatic carbocycles. The number of carbonyl (C=O) groups excluding carboxylic acids is 1. The van der Waals surface area contributed by atoms with E-state index in [1.807, 2.05) is 13.8 Å². The Morgan fingerprint density at radius 2 is 1.73 bits per heavy atom. The van der Waals surface area contributed by atoms with E-state index in [-0.39, 0.29) is 35.4 Å². The number of carbonyl (C=O) groups is 1. The van der Waals surface area contributed by atoms with Crippen LogP contribution in [-0.2, 0) is 19.5 Å². The summed E-state index contributed by atoms with van der Waals surface area (Å²) in [5.74, 6) is 2.78. The van der Waals surface area contributed by atoms with Gasteiger partial charge in [-0.3, -0.25) is 0 Å². The summed E-state index contributed by atoms with van der Waals surface area (Å²) in [6, 6.07) is 5.68. The first-order valence-electron chi connectivity index (χ1n) is 14.9. The fourth-order valence-electron chi connectivity index (χ4n) is 8.14. The molecule has 6 rings (SSSR count). The Balaban J connectivity index is 1.36. The number of nitrogens with zero attached hydrogens (tertiary/aromatic N) is 1. The minimum Gasteiger partial charge on any atom is -0.497 e. The number of benzene rings is 1. The van der Waals surface area contributed by atoms with Crippen LogP contribution in [0.5, 0.6) is 5.75 Å². The Bertz CT molecular complexity index is 1080. The summed E-state index contributed by atoms with van der Waals surface area (Å²) >= 11 is 0. The van der Waals surface area contributed by atoms with Crippen LogP contribution in [-0.4, -0.2) is 75.6 Å². The maximum Gasteiger partial charge on any atom is 0.407 e. The van der Waals surface area contributed by atoms with Crippen LogP contribution < -0.4 is 10.1 Å². The molecule has 5 fully saturated rings. The van der Waals surface area contributed by atoms with Gasteiger partial charge in [0.1, 0.15) is 11.9 Å². The van der Waals surface area contributed by atoms with Crippen LogP contribution in [0.1, 0.15) is 65.2 Å². The average Bonchev–Trinajstić information content (AvgIpc) is 3.39. The van der Waals surface area contributed by atoms with Gasteiger partial charge < -0.3 is 24.6 Å². The minimum absolute atomic E-state index is 0.0436. The molecule has 1 aromatic carbocycles. The first-order valence-corrected chi connectivity index (χ1v) is 16.4. The predicted molar refractivity (Wildman–Crippen MR) is 150 cm³/mol. The molecule has 3 atom stereocenters. The van der Waals surface area contributed by atoms with Crippen LogP contribution in [0, 0.1) is 29.1 Å². The Morgan fingerprint density at radius 1 is 1.10 bits per heavy atom. The standard InChI is InChI=1S/C30H46N2O7S/c1-20(2)17-32(40(35,36)26-6-4-24(37-3)5-7-26)18-28(33)27(31-29(34)39-25-8-9-38-19-25)16-30-13-21-10-22(14-30)12-23(11-21)15-30/h4-7,20-23,25,27-28,33H,8-19H2,1-3H3,(H,31,34)/t21?,22?,23?,25-,27+,28-,30?/m1/s1. The zero-order chi connectivity index (χ0) is 28.5. The van der Waals surface area contributed by atoms with Crippen molar-refractivity contribution >= 4 is 16.1 Å². The van der Waals surface area contributed by atoms with Gasteiger partial charge in [0.05, 0.1) is 37.4 Å². The monoisotopic (exact) mass is 578 g/mol. The first kappa shape index (κ1) is 29.6. The van der Waals surface area contributed by atoms with Gasteiger partial charge in [0.25, 0.3) is 0 Å². The second kappa shape index (κ2) is 12.2. The highest BCUT2D eigenvalue weighted by Crippen LogP contribution is 2.61. The Labute approximate surface area is 239 Å². The van der Waals surface area contributed by atoms with Crippen molar-refractivity contribution in [1.29, 1.82) is 0 Å². The van der Waals surface area contributed by atoms with Gasteiger partial charge in [0, 0.05) is 19.5 Å². The van der Waals surface area contributed by atoms with E-state index in [9.17, 15) is 18.3 Å². The van der Waals surface area contributed by atoms with Crippen molar-refractivity contribution in [2.75, 3.05) is 33.4 Å². The van der Waals surface area contributed by atoms with Gasteiger partial charge in [-0.25, -0.2) is 13.2 Å². The van der Waals surface area contributed by atoms with Crippen LogP contribution in [0.4, 0.5) is 4.79 Å². The van der Waals surface area contributed by atoms with Gasteiger partial charge in [0.2, 0.25) is 10.0 Å². The topological polar surface area (TPSA) is 114 Å². The average molecular weight is 579 g/mol. The number of rotatable bonds is 12. The van der Waals surface area contributed by atoms with E-state index >= 15 is 0 Å². The number of methoxy groups -OCH3 is 1. The van der Waals surface area contributed by atoms with Crippen LogP contribution in [0.3, 0.4) is 0 Å². The van der Waals surface area contributed by atoms with Gasteiger partial charge in [-0.05, 0) is 98.3 Å². The number of nitrogens with one attached hydrogen (secondary N) is 1. The second-order valence-electron chi connectivity index (χ2n) is 13.2. The number of aliphatic hydroxyl groups excluding tert-OH is 1. The van der Waals surface area contributed by atoms with E-state index < -0.39 is 28.3 Å². The number of sulfonamides is 1. The number of ether oxygens (including phenoxy) is 3. The maximum absolute atomic E-state index is 13.7. The van der Waals surface area contributed by atoms with E-state index in [4.69, 9.17) is 14.2 Å². The molecular formula is C30H46N2O7S. The molecule has 1 heterocycles. The normalized spacial score (nSPS) is 30.9. The van der Waals surface area contributed by atoms with Crippen molar-refractivity contribution in [1.82, 2.24) is 9.62 Å². The van der Waals surface area contributed by atoms with Gasteiger partial charge in [-0.15, -0.1) is 0 Å². The molecule has 4 saturated carbocycles. The quantitative estimate of drug-likeness (QED) is 0.382. The molecule has 1 aliphatic heterocycles. The fourth-order valence-corrected chi connectivity index (χ4v) is 9.76. The Morgan fingerprint density at radius 3 is 2.25 bits per heavy atom. The summed E-state index contributed by atoms with van der Waals surface area (Å²) in [6.07, 6.45) is 6.57. The van der Waals surface area contributed by atoms with Crippen molar-refractivity contribution in [2.24, 2.45) is 29.1 Å². The third-order valence-corrected chi connectivity index (χ3v) is 11.2. The molecule has 2 N–H and O–H groups in total. The molecule has 1 amide bonds. The third kappa shape index (κ3) is 6.77. The zero-order valence-electron chi connectivity index (χ0n) is 24.1. The van der Waals surface area contributed by atoms with Gasteiger partial charge in [-0.1, -0.05) is 13.8 Å². The lowest BCUT2D eigenvalue weighted by atomic mass is 9.48. The second-order valence-corrected chi connectivity index (χ2v) is 15.2. The van der Waals surface area contributed by atoms with Crippen LogP contribution in [0.25, 0.3) is 0 Å². The summed E-state index contributed by atoms with van der Waals surface area (Å²) in [4.78, 5) is 13.1. The number of hydrogen-bond acceptors (Lipinski definition) is 7. The highest BCUT2D eigenvalue weighted by Gasteiger charge is 2.52. The number of aliphatic hydroxyl groups is 1. The summed E-state index contributed by atoms with van der Waals surface area (Å²) in [7, 11) is -2.36. The molecule has 0 aromatic heterocycles. The molecule has 0 radical (unpaired) electrons. The predicted octanol–water partition coefficient (Wildman–Crippen LogP) is 4.19. The lowest BCUT2D eigenvalue weighted by molar-refractivity contribution is -0.0699. The Kier molecular flexibility index (Phi) is 9.00. The van der Waals surface area contributed by atoms with Crippen molar-refractivity contribution in [3.8, 4) is 5.75 Å². The summed E-state index contributed by atoms with van der Waals surface area (Å²) in [5, 5.41) is 14.7. The maximum atomic E-state index is 13.7. The largest absolute Gasteiger partial charge is 0.497 e. The van der Waals surface area contributed by atoms with E-state index in [0.29, 0.717) is 31.8 Å². The summed E-state index contributed by atoms with van der Waals surface area (Å²) in [5.41, 5.74) is 0.0713. The number of amides is 1. The van der Waals surface area contributed by atoms with Crippen LogP contribution in [0.2, 0.25) is 0 Å². The summed E-state index contributed by atoms with van der Waals surface area (Å²) < 4.78 is 45.0. The highest BCUT2D eigenvalue weighted by atomic mass is 32.2. The van der Waals surface area contributed by atoms with Crippen molar-refractivity contribution in [2.45, 2.75) is 88.4 Å². The van der Waals surface area contributed by atoms with Crippen molar-refractivity contribution in [3.63, 3.8) is 0 Å². The van der Waals surface area contributed by atoms with E-state index in [2.05, 4.69) is 5.32 Å². The summed E-state index contributed by atoms with van der Waals surface area (Å²) in [6.45, 7) is 4.97. The van der Waals surface area contributed by atoms with Crippen molar-refractivity contribution < 1.29 is 32.5 Å². The smallest absolute Gasteiger partial charge is 0.407 e. The van der Waals surface area contributed by atoms with E-state index in [0.717, 1.165) is 37.0 Å². The number of hydrogen-bond donors (Lipinski definition) is 2. The molecule has 40 heavy (non-hydrogen) atoms. The third-order valence-electron chi connectivity index (χ3n) is 9.40. The molecule has 4 bridgehead atoms. The molecule has 9 nitrogen and oxygen atoms in total. The molecule has 224 valence electrons. The Hall–Kier alpha value is -1.88. The molecule has 0 spiro atoms. The van der Waals surface area contributed by atoms with Gasteiger partial charge in [-0.2, -0.15) is 4.31 Å². The van der Waals surface area contributed by atoms with Gasteiger partial charge >= 0.3 is 6.09 Å². The minimum atomic E-state index is -3.89. The molecule has 0 unspecified atom stereocenters. The molecular weight excluding hydrogens is 532 g/mol. The lowest BCUT2D eigenvalue weighted by Gasteiger charge is -2.58. The SMILES string of the molecule is COc1ccc(S(=O)(=O)N(CC(C)C)C[C@@H](O)[C@H](CC23CC4CC(CC(C4)C2)C3)NC(=O)O[C@@H]2CCOC2)cc1. The van der Waals surface area contributed by atoms with Crippen LogP contribution >= 0.6 is 0 Å². The lowest BCUT2D eigenvalue weighted by Crippen LogP contribution is -2.55. The number of alkyl carbamates (subject to hydrolysis) is 1. The zero-order valence-corrected chi connectivity index (χ0v) is 24.9. The van der Waals surface area contributed by atoms with Crippen LogP contribution in [0.15, 0.2) is 29.2 Å². The molecule has 1 saturated heterocycles. The van der Waals surface area contributed by atoms with Gasteiger partial charge in [0.15, 0.2) is 0 Å². The molecule has 5 aliphatic rings. The van der Waals surface area contributed by atoms with Crippen molar-refractivity contribution in [3.05, 3.63) is 24.3 Å². The first-order chi connectivity index (χ1) is 19.0. The van der Waals surface area contributed by atoms with E-state index in [1.165, 1.54) is 42.8 Å². The molecule has 10 heteroatoms. The molecule has 1 aromatic rings. The highest BCUT2D eigenvalue weighted by molar-refractivity contribution is 7.89. The van der Waals surface area contributed by atoms with E-state index in [1.54, 1.807) is 12.1 Å². The fraction of sp³-hybridized carbons (Fsp3) is 0.767.